The van der Waals surface area contributed by atoms with Gasteiger partial charge in [0.1, 0.15) is 17.3 Å². The van der Waals surface area contributed by atoms with Crippen molar-refractivity contribution in [2.24, 2.45) is 5.41 Å². The molecule has 2 aliphatic carbocycles. The molecule has 44 heavy (non-hydrogen) atoms. The largest absolute Gasteiger partial charge is 0.390 e. The normalized spacial score (nSPS) is 32.8. The molecule has 3 heterocycles. The average molecular weight is 644 g/mol. The van der Waals surface area contributed by atoms with E-state index in [-0.39, 0.29) is 34.1 Å². The maximum atomic E-state index is 16.3. The van der Waals surface area contributed by atoms with Crippen molar-refractivity contribution in [3.8, 4) is 0 Å². The quantitative estimate of drug-likeness (QED) is 0.352. The minimum atomic E-state index is -1.58. The van der Waals surface area contributed by atoms with Gasteiger partial charge in [-0.3, -0.25) is 19.8 Å². The number of amides is 2. The van der Waals surface area contributed by atoms with Crippen LogP contribution < -0.4 is 16.0 Å². The topological polar surface area (TPSA) is 93.7 Å². The standard InChI is InChI=1S/C34H41Cl2FN4O3/c1-32(2)12-14-33(15-13-32)28-23-11-6-19(35)16-26(23)39-31(44)34(28,24-4-3-5-25(36)27(24)37)29(40-33)30(43)38-20-7-9-21(10-8-20)41-17-22(42)18-41/h3-6,11,16,20-22,28-29,40,42H,7-10,12-15,17-18H2,1-2H3,(H,38,43)(H,39,44)/t20-,21-,28-,29-,34+/m0/s1. The number of carbonyl (C=O) groups excluding carboxylic acids is 2. The van der Waals surface area contributed by atoms with Crippen LogP contribution in [0.4, 0.5) is 10.1 Å². The van der Waals surface area contributed by atoms with Gasteiger partial charge in [0, 0.05) is 52.9 Å². The van der Waals surface area contributed by atoms with E-state index < -0.39 is 34.6 Å². The Morgan fingerprint density at radius 3 is 2.43 bits per heavy atom. The number of β-amino-alcohol motifs (C(OH)–C–C–N with tert-alkyl or cyclic N) is 1. The third-order valence-electron chi connectivity index (χ3n) is 11.5. The minimum Gasteiger partial charge on any atom is -0.390 e. The molecule has 5 aliphatic rings. The van der Waals surface area contributed by atoms with E-state index in [0.717, 1.165) is 56.9 Å². The van der Waals surface area contributed by atoms with E-state index in [9.17, 15) is 14.7 Å². The Bertz CT molecular complexity index is 1480. The summed E-state index contributed by atoms with van der Waals surface area (Å²) in [6.45, 7) is 5.93. The number of aliphatic hydroxyl groups is 1. The number of hydrogen-bond donors (Lipinski definition) is 4. The monoisotopic (exact) mass is 642 g/mol. The Labute approximate surface area is 268 Å². The summed E-state index contributed by atoms with van der Waals surface area (Å²) in [6.07, 6.45) is 6.52. The van der Waals surface area contributed by atoms with E-state index >= 15 is 4.39 Å². The Kier molecular flexibility index (Phi) is 7.57. The van der Waals surface area contributed by atoms with Gasteiger partial charge < -0.3 is 15.7 Å². The van der Waals surface area contributed by atoms with E-state index in [1.165, 1.54) is 6.07 Å². The second-order valence-corrected chi connectivity index (χ2v) is 15.5. The van der Waals surface area contributed by atoms with Crippen molar-refractivity contribution in [1.29, 1.82) is 0 Å². The second-order valence-electron chi connectivity index (χ2n) is 14.6. The lowest BCUT2D eigenvalue weighted by Gasteiger charge is -2.49. The second kappa shape index (κ2) is 10.9. The van der Waals surface area contributed by atoms with Gasteiger partial charge >= 0.3 is 0 Å². The molecule has 0 bridgehead atoms. The van der Waals surface area contributed by atoms with Crippen LogP contribution in [0.25, 0.3) is 0 Å². The summed E-state index contributed by atoms with van der Waals surface area (Å²) >= 11 is 12.8. The predicted octanol–water partition coefficient (Wildman–Crippen LogP) is 5.52. The molecule has 3 aliphatic heterocycles. The lowest BCUT2D eigenvalue weighted by molar-refractivity contribution is -0.131. The zero-order chi connectivity index (χ0) is 31.0. The molecule has 1 spiro atoms. The number of hydrogen-bond acceptors (Lipinski definition) is 5. The molecule has 3 atom stereocenters. The first-order valence-corrected chi connectivity index (χ1v) is 16.7. The number of nitrogens with one attached hydrogen (secondary N) is 3. The fraction of sp³-hybridized carbons (Fsp3) is 0.588. The summed E-state index contributed by atoms with van der Waals surface area (Å²) in [5.41, 5.74) is -0.486. The van der Waals surface area contributed by atoms with Crippen molar-refractivity contribution in [1.82, 2.24) is 15.5 Å². The Morgan fingerprint density at radius 1 is 1.05 bits per heavy atom. The van der Waals surface area contributed by atoms with Gasteiger partial charge in [0.25, 0.3) is 0 Å². The molecular weight excluding hydrogens is 602 g/mol. The van der Waals surface area contributed by atoms with Gasteiger partial charge in [-0.05, 0) is 80.5 Å². The summed E-state index contributed by atoms with van der Waals surface area (Å²) in [7, 11) is 0. The van der Waals surface area contributed by atoms with Gasteiger partial charge in [-0.2, -0.15) is 0 Å². The number of benzene rings is 2. The molecule has 7 nitrogen and oxygen atoms in total. The number of aliphatic hydroxyl groups excluding tert-OH is 1. The van der Waals surface area contributed by atoms with Crippen molar-refractivity contribution in [3.63, 3.8) is 0 Å². The number of anilines is 1. The van der Waals surface area contributed by atoms with Crippen molar-refractivity contribution in [2.75, 3.05) is 18.4 Å². The Hall–Kier alpha value is -2.23. The Morgan fingerprint density at radius 2 is 1.75 bits per heavy atom. The van der Waals surface area contributed by atoms with Crippen LogP contribution in [0.1, 0.15) is 82.3 Å². The minimum absolute atomic E-state index is 0.0500. The van der Waals surface area contributed by atoms with Gasteiger partial charge in [-0.1, -0.05) is 55.2 Å². The van der Waals surface area contributed by atoms with Crippen LogP contribution in [-0.2, 0) is 15.0 Å². The third-order valence-corrected chi connectivity index (χ3v) is 12.0. The first kappa shape index (κ1) is 30.4. The molecule has 2 saturated heterocycles. The smallest absolute Gasteiger partial charge is 0.238 e. The van der Waals surface area contributed by atoms with E-state index in [4.69, 9.17) is 23.2 Å². The highest BCUT2D eigenvalue weighted by molar-refractivity contribution is 6.31. The number of nitrogens with zero attached hydrogens (tertiary/aromatic N) is 1. The van der Waals surface area contributed by atoms with Crippen molar-refractivity contribution in [2.45, 2.75) is 106 Å². The van der Waals surface area contributed by atoms with Gasteiger partial charge in [0.05, 0.1) is 11.1 Å². The maximum Gasteiger partial charge on any atom is 0.238 e. The van der Waals surface area contributed by atoms with Gasteiger partial charge in [0.15, 0.2) is 0 Å². The lowest BCUT2D eigenvalue weighted by Crippen LogP contribution is -2.61. The number of fused-ring (bicyclic) bond motifs is 4. The number of rotatable bonds is 4. The molecule has 7 rings (SSSR count). The van der Waals surface area contributed by atoms with Crippen molar-refractivity contribution in [3.05, 3.63) is 63.4 Å². The molecule has 2 saturated carbocycles. The number of halogens is 3. The molecule has 4 N–H and O–H groups in total. The molecule has 2 aromatic rings. The summed E-state index contributed by atoms with van der Waals surface area (Å²) in [4.78, 5) is 31.5. The van der Waals surface area contributed by atoms with Crippen LogP contribution in [0.5, 0.6) is 0 Å². The molecule has 0 unspecified atom stereocenters. The molecule has 10 heteroatoms. The fourth-order valence-corrected chi connectivity index (χ4v) is 9.34. The highest BCUT2D eigenvalue weighted by Crippen LogP contribution is 2.62. The van der Waals surface area contributed by atoms with Crippen molar-refractivity contribution < 1.29 is 19.1 Å². The fourth-order valence-electron chi connectivity index (χ4n) is 9.00. The van der Waals surface area contributed by atoms with Crippen molar-refractivity contribution >= 4 is 40.7 Å². The van der Waals surface area contributed by atoms with Crippen LogP contribution in [0, 0.1) is 11.2 Å². The zero-order valence-electron chi connectivity index (χ0n) is 25.3. The molecular formula is C34H41Cl2FN4O3. The average Bonchev–Trinajstić information content (AvgIpc) is 3.27. The van der Waals surface area contributed by atoms with E-state index in [2.05, 4.69) is 34.7 Å². The first-order chi connectivity index (χ1) is 20.9. The third kappa shape index (κ3) is 4.79. The number of likely N-dealkylation sites (tertiary alicyclic amines) is 1. The summed E-state index contributed by atoms with van der Waals surface area (Å²) in [5, 5.41) is 20.2. The van der Waals surface area contributed by atoms with Crippen LogP contribution in [-0.4, -0.2) is 64.7 Å². The lowest BCUT2D eigenvalue weighted by atomic mass is 9.54. The van der Waals surface area contributed by atoms with E-state index in [1.54, 1.807) is 24.3 Å². The van der Waals surface area contributed by atoms with Crippen LogP contribution in [0.15, 0.2) is 36.4 Å². The van der Waals surface area contributed by atoms with Gasteiger partial charge in [-0.15, -0.1) is 0 Å². The summed E-state index contributed by atoms with van der Waals surface area (Å²) in [6, 6.07) is 9.58. The SMILES string of the molecule is CC1(C)CCC2(CC1)N[C@@H](C(=O)N[C@H]1CC[C@H](N3CC(O)C3)CC1)[C@]1(c3cccc(Cl)c3F)C(=O)Nc3cc(Cl)ccc3[C@@H]21. The van der Waals surface area contributed by atoms with Crippen LogP contribution in [0.2, 0.25) is 10.0 Å². The van der Waals surface area contributed by atoms with E-state index in [1.807, 2.05) is 6.07 Å². The number of carbonyl (C=O) groups is 2. The highest BCUT2D eigenvalue weighted by Gasteiger charge is 2.71. The predicted molar refractivity (Wildman–Crippen MR) is 170 cm³/mol. The van der Waals surface area contributed by atoms with Crippen LogP contribution >= 0.6 is 23.2 Å². The molecule has 2 amide bonds. The zero-order valence-corrected chi connectivity index (χ0v) is 26.8. The van der Waals surface area contributed by atoms with Gasteiger partial charge in [0.2, 0.25) is 11.8 Å². The summed E-state index contributed by atoms with van der Waals surface area (Å²) < 4.78 is 16.3. The molecule has 0 radical (unpaired) electrons. The maximum absolute atomic E-state index is 16.3. The van der Waals surface area contributed by atoms with Gasteiger partial charge in [-0.25, -0.2) is 4.39 Å². The molecule has 0 aromatic heterocycles. The highest BCUT2D eigenvalue weighted by atomic mass is 35.5. The van der Waals surface area contributed by atoms with E-state index in [0.29, 0.717) is 29.8 Å². The molecule has 2 aromatic carbocycles. The molecule has 4 fully saturated rings. The summed E-state index contributed by atoms with van der Waals surface area (Å²) in [5.74, 6) is -1.90. The van der Waals surface area contributed by atoms with Crippen LogP contribution in [0.3, 0.4) is 0 Å². The molecule has 236 valence electrons. The Balaban J connectivity index is 1.31. The first-order valence-electron chi connectivity index (χ1n) is 16.0.